The number of rotatable bonds is 4. The molecule has 0 saturated heterocycles. The van der Waals surface area contributed by atoms with Crippen LogP contribution in [0.5, 0.6) is 5.75 Å². The summed E-state index contributed by atoms with van der Waals surface area (Å²) >= 11 is 9.46. The molecular weight excluding hydrogens is 340 g/mol. The van der Waals surface area contributed by atoms with Gasteiger partial charge < -0.3 is 10.1 Å². The van der Waals surface area contributed by atoms with Gasteiger partial charge in [0, 0.05) is 11.6 Å². The molecule has 0 aliphatic heterocycles. The van der Waals surface area contributed by atoms with Crippen LogP contribution in [0.15, 0.2) is 40.9 Å². The summed E-state index contributed by atoms with van der Waals surface area (Å²) < 4.78 is 6.15. The Balaban J connectivity index is 2.16. The highest BCUT2D eigenvalue weighted by Gasteiger charge is 2.09. The molecule has 2 aromatic rings. The molecule has 2 rings (SSSR count). The van der Waals surface area contributed by atoms with E-state index in [-0.39, 0.29) is 0 Å². The fourth-order valence-electron chi connectivity index (χ4n) is 1.79. The zero-order valence-corrected chi connectivity index (χ0v) is 13.1. The molecule has 0 radical (unpaired) electrons. The molecule has 0 atom stereocenters. The number of halogens is 2. The van der Waals surface area contributed by atoms with E-state index in [0.29, 0.717) is 22.9 Å². The van der Waals surface area contributed by atoms with Crippen molar-refractivity contribution in [2.75, 3.05) is 12.4 Å². The highest BCUT2D eigenvalue weighted by Crippen LogP contribution is 2.36. The van der Waals surface area contributed by atoms with Gasteiger partial charge in [0.25, 0.3) is 0 Å². The number of hydrogen-bond donors (Lipinski definition) is 1. The summed E-state index contributed by atoms with van der Waals surface area (Å²) in [5.74, 6) is 0.711. The SMILES string of the molecule is COc1c(Br)cc(Cl)cc1NCc1ccc(C#N)cc1. The molecule has 0 heterocycles. The van der Waals surface area contributed by atoms with E-state index in [9.17, 15) is 0 Å². The summed E-state index contributed by atoms with van der Waals surface area (Å²) in [4.78, 5) is 0. The Labute approximate surface area is 131 Å². The van der Waals surface area contributed by atoms with Crippen molar-refractivity contribution in [3.05, 3.63) is 57.0 Å². The van der Waals surface area contributed by atoms with Gasteiger partial charge in [0.1, 0.15) is 0 Å². The minimum atomic E-state index is 0.620. The maximum Gasteiger partial charge on any atom is 0.156 e. The lowest BCUT2D eigenvalue weighted by Gasteiger charge is -2.13. The van der Waals surface area contributed by atoms with Gasteiger partial charge in [-0.3, -0.25) is 0 Å². The van der Waals surface area contributed by atoms with Crippen LogP contribution in [0.2, 0.25) is 5.02 Å². The van der Waals surface area contributed by atoms with Crippen molar-refractivity contribution in [2.24, 2.45) is 0 Å². The lowest BCUT2D eigenvalue weighted by atomic mass is 10.1. The molecule has 5 heteroatoms. The van der Waals surface area contributed by atoms with Crippen molar-refractivity contribution >= 4 is 33.2 Å². The smallest absolute Gasteiger partial charge is 0.156 e. The first-order valence-corrected chi connectivity index (χ1v) is 7.07. The second-order valence-corrected chi connectivity index (χ2v) is 5.42. The van der Waals surface area contributed by atoms with Crippen LogP contribution in [-0.4, -0.2) is 7.11 Å². The summed E-state index contributed by atoms with van der Waals surface area (Å²) in [6.07, 6.45) is 0. The molecule has 2 aromatic carbocycles. The molecule has 20 heavy (non-hydrogen) atoms. The monoisotopic (exact) mass is 350 g/mol. The van der Waals surface area contributed by atoms with Gasteiger partial charge in [0.2, 0.25) is 0 Å². The van der Waals surface area contributed by atoms with Crippen molar-refractivity contribution in [3.63, 3.8) is 0 Å². The van der Waals surface area contributed by atoms with E-state index >= 15 is 0 Å². The average Bonchev–Trinajstić information content (AvgIpc) is 2.45. The fourth-order valence-corrected chi connectivity index (χ4v) is 2.77. The van der Waals surface area contributed by atoms with Gasteiger partial charge in [-0.05, 0) is 45.8 Å². The number of anilines is 1. The standard InChI is InChI=1S/C15H12BrClN2O/c1-20-15-13(16)6-12(17)7-14(15)19-9-11-4-2-10(8-18)3-5-11/h2-7,19H,9H2,1H3. The Morgan fingerprint density at radius 3 is 2.60 bits per heavy atom. The molecule has 0 spiro atoms. The molecule has 0 fully saturated rings. The van der Waals surface area contributed by atoms with Crippen LogP contribution in [0.3, 0.4) is 0 Å². The highest BCUT2D eigenvalue weighted by molar-refractivity contribution is 9.10. The largest absolute Gasteiger partial charge is 0.493 e. The Hall–Kier alpha value is -1.70. The second kappa shape index (κ2) is 6.65. The van der Waals surface area contributed by atoms with Crippen molar-refractivity contribution in [1.82, 2.24) is 0 Å². The third-order valence-electron chi connectivity index (χ3n) is 2.78. The van der Waals surface area contributed by atoms with E-state index < -0.39 is 0 Å². The topological polar surface area (TPSA) is 45.0 Å². The van der Waals surface area contributed by atoms with Crippen LogP contribution in [-0.2, 0) is 6.54 Å². The number of nitrogens with one attached hydrogen (secondary N) is 1. The maximum absolute atomic E-state index is 8.76. The van der Waals surface area contributed by atoms with Crippen molar-refractivity contribution in [1.29, 1.82) is 5.26 Å². The van der Waals surface area contributed by atoms with Crippen LogP contribution in [0.25, 0.3) is 0 Å². The first-order valence-electron chi connectivity index (χ1n) is 5.90. The molecule has 0 aliphatic carbocycles. The third-order valence-corrected chi connectivity index (χ3v) is 3.59. The van der Waals surface area contributed by atoms with Crippen molar-refractivity contribution in [2.45, 2.75) is 6.54 Å². The molecule has 3 nitrogen and oxygen atoms in total. The Morgan fingerprint density at radius 2 is 2.00 bits per heavy atom. The van der Waals surface area contributed by atoms with Gasteiger partial charge in [-0.1, -0.05) is 23.7 Å². The molecule has 0 aromatic heterocycles. The lowest BCUT2D eigenvalue weighted by Crippen LogP contribution is -2.02. The van der Waals surface area contributed by atoms with E-state index in [1.807, 2.05) is 18.2 Å². The summed E-state index contributed by atoms with van der Waals surface area (Å²) in [7, 11) is 1.61. The fraction of sp³-hybridized carbons (Fsp3) is 0.133. The summed E-state index contributed by atoms with van der Waals surface area (Å²) in [6.45, 7) is 0.620. The average molecular weight is 352 g/mol. The molecule has 0 amide bonds. The maximum atomic E-state index is 8.76. The predicted octanol–water partition coefficient (Wildman–Crippen LogP) is 4.59. The van der Waals surface area contributed by atoms with Crippen LogP contribution in [0, 0.1) is 11.3 Å². The number of hydrogen-bond acceptors (Lipinski definition) is 3. The predicted molar refractivity (Wildman–Crippen MR) is 84.2 cm³/mol. The van der Waals surface area contributed by atoms with Crippen LogP contribution < -0.4 is 10.1 Å². The highest BCUT2D eigenvalue weighted by atomic mass is 79.9. The summed E-state index contributed by atoms with van der Waals surface area (Å²) in [6, 6.07) is 13.1. The lowest BCUT2D eigenvalue weighted by molar-refractivity contribution is 0.414. The minimum absolute atomic E-state index is 0.620. The minimum Gasteiger partial charge on any atom is -0.493 e. The molecule has 0 aliphatic rings. The number of methoxy groups -OCH3 is 1. The van der Waals surface area contributed by atoms with E-state index in [0.717, 1.165) is 15.7 Å². The van der Waals surface area contributed by atoms with Crippen molar-refractivity contribution < 1.29 is 4.74 Å². The van der Waals surface area contributed by atoms with Crippen LogP contribution in [0.1, 0.15) is 11.1 Å². The Kier molecular flexibility index (Phi) is 4.89. The van der Waals surface area contributed by atoms with Gasteiger partial charge in [-0.25, -0.2) is 0 Å². The molecule has 1 N–H and O–H groups in total. The van der Waals surface area contributed by atoms with Gasteiger partial charge >= 0.3 is 0 Å². The summed E-state index contributed by atoms with van der Waals surface area (Å²) in [5.41, 5.74) is 2.54. The van der Waals surface area contributed by atoms with Gasteiger partial charge in [0.05, 0.1) is 28.9 Å². The van der Waals surface area contributed by atoms with Crippen LogP contribution in [0.4, 0.5) is 5.69 Å². The quantitative estimate of drug-likeness (QED) is 0.876. The van der Waals surface area contributed by atoms with Crippen LogP contribution >= 0.6 is 27.5 Å². The van der Waals surface area contributed by atoms with Gasteiger partial charge in [0.15, 0.2) is 5.75 Å². The normalized spacial score (nSPS) is 9.90. The number of ether oxygens (including phenoxy) is 1. The van der Waals surface area contributed by atoms with E-state index in [4.69, 9.17) is 21.6 Å². The zero-order chi connectivity index (χ0) is 14.5. The molecule has 0 saturated carbocycles. The Morgan fingerprint density at radius 1 is 1.30 bits per heavy atom. The van der Waals surface area contributed by atoms with E-state index in [2.05, 4.69) is 27.3 Å². The zero-order valence-electron chi connectivity index (χ0n) is 10.8. The molecule has 0 unspecified atom stereocenters. The van der Waals surface area contributed by atoms with E-state index in [1.54, 1.807) is 25.3 Å². The number of nitriles is 1. The van der Waals surface area contributed by atoms with Gasteiger partial charge in [-0.2, -0.15) is 5.26 Å². The second-order valence-electron chi connectivity index (χ2n) is 4.13. The first-order chi connectivity index (χ1) is 9.63. The number of benzene rings is 2. The van der Waals surface area contributed by atoms with Gasteiger partial charge in [-0.15, -0.1) is 0 Å². The molecule has 102 valence electrons. The molecule has 0 bridgehead atoms. The third kappa shape index (κ3) is 3.44. The summed E-state index contributed by atoms with van der Waals surface area (Å²) in [5, 5.41) is 12.7. The Bertz CT molecular complexity index is 650. The van der Waals surface area contributed by atoms with E-state index in [1.165, 1.54) is 0 Å². The number of nitrogens with zero attached hydrogens (tertiary/aromatic N) is 1. The first kappa shape index (κ1) is 14.7. The van der Waals surface area contributed by atoms with Crippen molar-refractivity contribution in [3.8, 4) is 11.8 Å². The molecular formula is C15H12BrClN2O.